The van der Waals surface area contributed by atoms with Crippen LogP contribution in [0.15, 0.2) is 60.0 Å². The van der Waals surface area contributed by atoms with Crippen molar-refractivity contribution in [3.8, 4) is 5.75 Å². The molecule has 0 aliphatic rings. The fourth-order valence-corrected chi connectivity index (χ4v) is 2.98. The van der Waals surface area contributed by atoms with E-state index in [2.05, 4.69) is 10.0 Å². The Kier molecular flexibility index (Phi) is 7.37. The Morgan fingerprint density at radius 2 is 1.88 bits per heavy atom. The first-order valence-corrected chi connectivity index (χ1v) is 9.65. The van der Waals surface area contributed by atoms with Gasteiger partial charge in [-0.3, -0.25) is 4.79 Å². The molecule has 138 valence electrons. The SMILES string of the molecule is COc1cccc(CNC(=O)CCNS(=O)(=O)/C=C/c2ccccc2)c1. The van der Waals surface area contributed by atoms with Gasteiger partial charge in [-0.25, -0.2) is 13.1 Å². The lowest BCUT2D eigenvalue weighted by molar-refractivity contribution is -0.121. The highest BCUT2D eigenvalue weighted by Gasteiger charge is 2.07. The molecule has 7 heteroatoms. The summed E-state index contributed by atoms with van der Waals surface area (Å²) in [4.78, 5) is 11.8. The van der Waals surface area contributed by atoms with Crippen molar-refractivity contribution in [2.24, 2.45) is 0 Å². The lowest BCUT2D eigenvalue weighted by Gasteiger charge is -2.07. The van der Waals surface area contributed by atoms with Gasteiger partial charge >= 0.3 is 0 Å². The highest BCUT2D eigenvalue weighted by Crippen LogP contribution is 2.12. The molecule has 6 nitrogen and oxygen atoms in total. The molecule has 0 saturated heterocycles. The second-order valence-electron chi connectivity index (χ2n) is 5.53. The van der Waals surface area contributed by atoms with Gasteiger partial charge in [0.15, 0.2) is 0 Å². The number of carbonyl (C=O) groups excluding carboxylic acids is 1. The van der Waals surface area contributed by atoms with Crippen LogP contribution < -0.4 is 14.8 Å². The summed E-state index contributed by atoms with van der Waals surface area (Å²) in [6.07, 6.45) is 1.56. The molecule has 0 saturated carbocycles. The molecule has 0 aliphatic heterocycles. The first-order valence-electron chi connectivity index (χ1n) is 8.11. The summed E-state index contributed by atoms with van der Waals surface area (Å²) in [5.74, 6) is 0.484. The lowest BCUT2D eigenvalue weighted by atomic mass is 10.2. The minimum absolute atomic E-state index is 0.0331. The molecule has 2 N–H and O–H groups in total. The number of amides is 1. The van der Waals surface area contributed by atoms with Gasteiger partial charge in [0, 0.05) is 24.9 Å². The van der Waals surface area contributed by atoms with E-state index in [0.717, 1.165) is 22.3 Å². The van der Waals surface area contributed by atoms with Gasteiger partial charge in [0.05, 0.1) is 7.11 Å². The Morgan fingerprint density at radius 1 is 1.12 bits per heavy atom. The summed E-state index contributed by atoms with van der Waals surface area (Å²) >= 11 is 0. The fraction of sp³-hybridized carbons (Fsp3) is 0.211. The second-order valence-corrected chi connectivity index (χ2v) is 7.18. The van der Waals surface area contributed by atoms with Crippen LogP contribution in [0.25, 0.3) is 6.08 Å². The van der Waals surface area contributed by atoms with Gasteiger partial charge in [-0.1, -0.05) is 42.5 Å². The van der Waals surface area contributed by atoms with Crippen molar-refractivity contribution in [3.05, 3.63) is 71.1 Å². The van der Waals surface area contributed by atoms with Crippen LogP contribution in [0.2, 0.25) is 0 Å². The number of rotatable bonds is 9. The molecule has 2 aromatic rings. The van der Waals surface area contributed by atoms with Crippen LogP contribution in [-0.2, 0) is 21.4 Å². The van der Waals surface area contributed by atoms with Gasteiger partial charge in [-0.2, -0.15) is 0 Å². The van der Waals surface area contributed by atoms with Crippen molar-refractivity contribution >= 4 is 22.0 Å². The lowest BCUT2D eigenvalue weighted by Crippen LogP contribution is -2.29. The molecule has 0 fully saturated rings. The zero-order valence-electron chi connectivity index (χ0n) is 14.5. The summed E-state index contributed by atoms with van der Waals surface area (Å²) in [6.45, 7) is 0.391. The van der Waals surface area contributed by atoms with Crippen molar-refractivity contribution in [2.45, 2.75) is 13.0 Å². The minimum atomic E-state index is -3.58. The molecule has 0 aromatic heterocycles. The van der Waals surface area contributed by atoms with Gasteiger partial charge in [0.2, 0.25) is 15.9 Å². The maximum Gasteiger partial charge on any atom is 0.233 e. The van der Waals surface area contributed by atoms with Crippen molar-refractivity contribution in [1.82, 2.24) is 10.0 Å². The smallest absolute Gasteiger partial charge is 0.233 e. The Bertz CT molecular complexity index is 849. The summed E-state index contributed by atoms with van der Waals surface area (Å²) in [6, 6.07) is 16.5. The number of hydrogen-bond donors (Lipinski definition) is 2. The van der Waals surface area contributed by atoms with Crippen LogP contribution in [0, 0.1) is 0 Å². The first kappa shape index (κ1) is 19.7. The van der Waals surface area contributed by atoms with E-state index >= 15 is 0 Å². The molecule has 0 spiro atoms. The third kappa shape index (κ3) is 7.08. The molecule has 0 heterocycles. The number of benzene rings is 2. The number of hydrogen-bond acceptors (Lipinski definition) is 4. The topological polar surface area (TPSA) is 84.5 Å². The number of carbonyl (C=O) groups is 1. The highest BCUT2D eigenvalue weighted by molar-refractivity contribution is 7.92. The number of ether oxygens (including phenoxy) is 1. The molecular weight excluding hydrogens is 352 g/mol. The zero-order chi connectivity index (χ0) is 18.8. The molecule has 2 aromatic carbocycles. The summed E-state index contributed by atoms with van der Waals surface area (Å²) in [7, 11) is -2.00. The van der Waals surface area contributed by atoms with Gasteiger partial charge in [-0.05, 0) is 29.3 Å². The van der Waals surface area contributed by atoms with Crippen molar-refractivity contribution in [2.75, 3.05) is 13.7 Å². The Morgan fingerprint density at radius 3 is 2.62 bits per heavy atom. The van der Waals surface area contributed by atoms with Crippen LogP contribution >= 0.6 is 0 Å². The fourth-order valence-electron chi connectivity index (χ4n) is 2.16. The molecule has 1 amide bonds. The van der Waals surface area contributed by atoms with Crippen LogP contribution in [0.5, 0.6) is 5.75 Å². The van der Waals surface area contributed by atoms with E-state index < -0.39 is 10.0 Å². The van der Waals surface area contributed by atoms with Crippen LogP contribution in [-0.4, -0.2) is 28.0 Å². The predicted molar refractivity (Wildman–Crippen MR) is 102 cm³/mol. The predicted octanol–water partition coefficient (Wildman–Crippen LogP) is 2.29. The number of methoxy groups -OCH3 is 1. The van der Waals surface area contributed by atoms with E-state index in [9.17, 15) is 13.2 Å². The summed E-state index contributed by atoms with van der Waals surface area (Å²) in [5, 5.41) is 3.84. The van der Waals surface area contributed by atoms with Gasteiger partial charge in [0.25, 0.3) is 0 Å². The first-order chi connectivity index (χ1) is 12.5. The Hall–Kier alpha value is -2.64. The van der Waals surface area contributed by atoms with E-state index in [1.54, 1.807) is 19.2 Å². The normalized spacial score (nSPS) is 11.4. The van der Waals surface area contributed by atoms with Crippen molar-refractivity contribution in [3.63, 3.8) is 0 Å². The molecule has 0 atom stereocenters. The average molecular weight is 374 g/mol. The van der Waals surface area contributed by atoms with Crippen molar-refractivity contribution in [1.29, 1.82) is 0 Å². The van der Waals surface area contributed by atoms with Crippen LogP contribution in [0.3, 0.4) is 0 Å². The van der Waals surface area contributed by atoms with E-state index in [4.69, 9.17) is 4.74 Å². The Balaban J connectivity index is 1.74. The average Bonchev–Trinajstić information content (AvgIpc) is 2.66. The maximum absolute atomic E-state index is 11.9. The molecule has 26 heavy (non-hydrogen) atoms. The monoisotopic (exact) mass is 374 g/mol. The molecule has 0 aliphatic carbocycles. The van der Waals surface area contributed by atoms with Crippen molar-refractivity contribution < 1.29 is 17.9 Å². The van der Waals surface area contributed by atoms with E-state index in [1.165, 1.54) is 6.08 Å². The Labute approximate surface area is 153 Å². The van der Waals surface area contributed by atoms with Gasteiger partial charge in [0.1, 0.15) is 5.75 Å². The molecule has 0 unspecified atom stereocenters. The van der Waals surface area contributed by atoms with Crippen LogP contribution in [0.4, 0.5) is 0 Å². The highest BCUT2D eigenvalue weighted by atomic mass is 32.2. The molecule has 2 rings (SSSR count). The van der Waals surface area contributed by atoms with E-state index in [-0.39, 0.29) is 18.9 Å². The summed E-state index contributed by atoms with van der Waals surface area (Å²) in [5.41, 5.74) is 1.69. The molecule has 0 radical (unpaired) electrons. The quantitative estimate of drug-likeness (QED) is 0.705. The van der Waals surface area contributed by atoms with Gasteiger partial charge < -0.3 is 10.1 Å². The third-order valence-corrected chi connectivity index (χ3v) is 4.62. The van der Waals surface area contributed by atoms with E-state index in [0.29, 0.717) is 6.54 Å². The minimum Gasteiger partial charge on any atom is -0.497 e. The maximum atomic E-state index is 11.9. The standard InChI is InChI=1S/C19H22N2O4S/c1-25-18-9-5-8-17(14-18)15-20-19(22)10-12-21-26(23,24)13-11-16-6-3-2-4-7-16/h2-9,11,13-14,21H,10,12,15H2,1H3,(H,20,22)/b13-11+. The molecule has 0 bridgehead atoms. The van der Waals surface area contributed by atoms with Gasteiger partial charge in [-0.15, -0.1) is 0 Å². The molecular formula is C19H22N2O4S. The summed E-state index contributed by atoms with van der Waals surface area (Å²) < 4.78 is 31.3. The van der Waals surface area contributed by atoms with Crippen LogP contribution in [0.1, 0.15) is 17.5 Å². The van der Waals surface area contributed by atoms with E-state index in [1.807, 2.05) is 42.5 Å². The largest absolute Gasteiger partial charge is 0.497 e. The number of sulfonamides is 1. The second kappa shape index (κ2) is 9.74. The number of nitrogens with one attached hydrogen (secondary N) is 2. The zero-order valence-corrected chi connectivity index (χ0v) is 15.3. The third-order valence-electron chi connectivity index (χ3n) is 3.52.